The maximum Gasteiger partial charge on any atom is 0.185 e. The van der Waals surface area contributed by atoms with Crippen LogP contribution in [-0.2, 0) is 4.79 Å². The van der Waals surface area contributed by atoms with Gasteiger partial charge in [0.2, 0.25) is 0 Å². The van der Waals surface area contributed by atoms with E-state index < -0.39 is 6.10 Å². The lowest BCUT2D eigenvalue weighted by molar-refractivity contribution is -0.119. The molecule has 0 spiro atoms. The van der Waals surface area contributed by atoms with Crippen LogP contribution in [0.4, 0.5) is 0 Å². The fraction of sp³-hybridized carbons (Fsp3) is 0.333. The lowest BCUT2D eigenvalue weighted by Gasteiger charge is -2.03. The summed E-state index contributed by atoms with van der Waals surface area (Å²) in [5.74, 6) is 0.270. The van der Waals surface area contributed by atoms with E-state index in [2.05, 4.69) is 0 Å². The molecule has 1 atom stereocenters. The van der Waals surface area contributed by atoms with Gasteiger partial charge in [-0.25, -0.2) is 0 Å². The molecule has 1 aromatic heterocycles. The van der Waals surface area contributed by atoms with Gasteiger partial charge in [0, 0.05) is 6.42 Å². The third-order valence-corrected chi connectivity index (χ3v) is 1.57. The number of hydrogen-bond donors (Lipinski definition) is 1. The molecule has 0 saturated heterocycles. The number of aliphatic hydroxyl groups is 1. The average molecular weight is 182 g/mol. The minimum absolute atomic E-state index is 0.00576. The Kier molecular flexibility index (Phi) is 2.97. The highest BCUT2D eigenvalue weighted by Crippen LogP contribution is 2.18. The maximum atomic E-state index is 10.6. The van der Waals surface area contributed by atoms with Crippen molar-refractivity contribution in [1.82, 2.24) is 0 Å². The molecule has 1 N–H and O–H groups in total. The van der Waals surface area contributed by atoms with Crippen LogP contribution in [0.5, 0.6) is 0 Å². The second kappa shape index (κ2) is 4.00. The summed E-state index contributed by atoms with van der Waals surface area (Å²) in [6.45, 7) is 1.38. The van der Waals surface area contributed by atoms with Gasteiger partial charge in [-0.15, -0.1) is 0 Å². The Balaban J connectivity index is 2.70. The quantitative estimate of drug-likeness (QED) is 0.708. The van der Waals surface area contributed by atoms with E-state index in [0.29, 0.717) is 6.29 Å². The summed E-state index contributed by atoms with van der Waals surface area (Å²) in [7, 11) is 0. The van der Waals surface area contributed by atoms with E-state index in [-0.39, 0.29) is 23.7 Å². The molecule has 0 aliphatic carbocycles. The second-order valence-electron chi connectivity index (χ2n) is 2.78. The van der Waals surface area contributed by atoms with Crippen molar-refractivity contribution in [2.75, 3.05) is 0 Å². The normalized spacial score (nSPS) is 12.5. The predicted octanol–water partition coefficient (Wildman–Crippen LogP) is 1.10. The maximum absolute atomic E-state index is 10.6. The van der Waals surface area contributed by atoms with Gasteiger partial charge < -0.3 is 9.52 Å². The van der Waals surface area contributed by atoms with Crippen molar-refractivity contribution >= 4 is 12.1 Å². The molecule has 0 bridgehead atoms. The van der Waals surface area contributed by atoms with Crippen LogP contribution in [0.3, 0.4) is 0 Å². The summed E-state index contributed by atoms with van der Waals surface area (Å²) in [5, 5.41) is 9.37. The lowest BCUT2D eigenvalue weighted by atomic mass is 10.1. The summed E-state index contributed by atoms with van der Waals surface area (Å²) >= 11 is 0. The minimum Gasteiger partial charge on any atom is -0.456 e. The summed E-state index contributed by atoms with van der Waals surface area (Å²) in [6, 6.07) is 2.93. The summed E-state index contributed by atoms with van der Waals surface area (Å²) < 4.78 is 4.93. The molecule has 0 radical (unpaired) electrons. The number of aliphatic hydroxyl groups excluding tert-OH is 1. The third kappa shape index (κ3) is 2.52. The lowest BCUT2D eigenvalue weighted by Crippen LogP contribution is -2.01. The Bertz CT molecular complexity index is 313. The Hall–Kier alpha value is -1.42. The number of carbonyl (C=O) groups is 2. The fourth-order valence-corrected chi connectivity index (χ4v) is 0.984. The molecule has 4 heteroatoms. The molecule has 0 aliphatic heterocycles. The number of ketones is 1. The number of Topliss-reactive ketones (excluding diaryl/α,β-unsaturated/α-hetero) is 1. The van der Waals surface area contributed by atoms with Crippen molar-refractivity contribution in [3.63, 3.8) is 0 Å². The predicted molar refractivity (Wildman–Crippen MR) is 44.4 cm³/mol. The standard InChI is InChI=1S/C9H10O4/c1-6(11)4-8(12)9-3-2-7(5-10)13-9/h2-3,5,8,12H,4H2,1H3. The number of hydrogen-bond acceptors (Lipinski definition) is 4. The van der Waals surface area contributed by atoms with Gasteiger partial charge in [-0.05, 0) is 19.1 Å². The smallest absolute Gasteiger partial charge is 0.185 e. The number of furan rings is 1. The molecule has 1 rings (SSSR count). The van der Waals surface area contributed by atoms with Crippen LogP contribution in [0, 0.1) is 0 Å². The van der Waals surface area contributed by atoms with Crippen LogP contribution >= 0.6 is 0 Å². The molecule has 13 heavy (non-hydrogen) atoms. The fourth-order valence-electron chi connectivity index (χ4n) is 0.984. The molecule has 70 valence electrons. The van der Waals surface area contributed by atoms with Crippen molar-refractivity contribution in [1.29, 1.82) is 0 Å². The van der Waals surface area contributed by atoms with Gasteiger partial charge in [0.25, 0.3) is 0 Å². The van der Waals surface area contributed by atoms with Crippen LogP contribution in [0.2, 0.25) is 0 Å². The van der Waals surface area contributed by atoms with Gasteiger partial charge in [-0.2, -0.15) is 0 Å². The molecular weight excluding hydrogens is 172 g/mol. The van der Waals surface area contributed by atoms with Crippen molar-refractivity contribution in [2.24, 2.45) is 0 Å². The first kappa shape index (κ1) is 9.67. The van der Waals surface area contributed by atoms with Crippen LogP contribution in [0.15, 0.2) is 16.5 Å². The summed E-state index contributed by atoms with van der Waals surface area (Å²) in [5.41, 5.74) is 0. The highest BCUT2D eigenvalue weighted by Gasteiger charge is 2.13. The molecule has 0 fully saturated rings. The number of aldehydes is 1. The highest BCUT2D eigenvalue weighted by molar-refractivity contribution is 5.76. The Morgan fingerprint density at radius 1 is 1.69 bits per heavy atom. The minimum atomic E-state index is -0.953. The van der Waals surface area contributed by atoms with E-state index in [0.717, 1.165) is 0 Å². The van der Waals surface area contributed by atoms with Gasteiger partial charge in [-0.1, -0.05) is 0 Å². The molecule has 0 aromatic carbocycles. The highest BCUT2D eigenvalue weighted by atomic mass is 16.4. The molecule has 0 aliphatic rings. The molecule has 1 aromatic rings. The van der Waals surface area contributed by atoms with Crippen LogP contribution in [0.1, 0.15) is 35.8 Å². The van der Waals surface area contributed by atoms with Crippen LogP contribution < -0.4 is 0 Å². The number of carbonyl (C=O) groups excluding carboxylic acids is 2. The Morgan fingerprint density at radius 3 is 2.85 bits per heavy atom. The number of rotatable bonds is 4. The third-order valence-electron chi connectivity index (χ3n) is 1.57. The first-order valence-electron chi connectivity index (χ1n) is 3.86. The zero-order valence-electron chi connectivity index (χ0n) is 7.19. The topological polar surface area (TPSA) is 67.5 Å². The monoisotopic (exact) mass is 182 g/mol. The van der Waals surface area contributed by atoms with Gasteiger partial charge in [0.15, 0.2) is 12.0 Å². The molecular formula is C9H10O4. The van der Waals surface area contributed by atoms with Gasteiger partial charge in [0.05, 0.1) is 0 Å². The first-order chi connectivity index (χ1) is 6.13. The van der Waals surface area contributed by atoms with Crippen molar-refractivity contribution in [3.05, 3.63) is 23.7 Å². The van der Waals surface area contributed by atoms with Crippen LogP contribution in [0.25, 0.3) is 0 Å². The van der Waals surface area contributed by atoms with Gasteiger partial charge in [-0.3, -0.25) is 9.59 Å². The Morgan fingerprint density at radius 2 is 2.38 bits per heavy atom. The van der Waals surface area contributed by atoms with E-state index >= 15 is 0 Å². The first-order valence-corrected chi connectivity index (χ1v) is 3.86. The average Bonchev–Trinajstić information content (AvgIpc) is 2.50. The summed E-state index contributed by atoms with van der Waals surface area (Å²) in [4.78, 5) is 20.9. The summed E-state index contributed by atoms with van der Waals surface area (Å²) in [6.07, 6.45) is -0.401. The SMILES string of the molecule is CC(=O)CC(O)c1ccc(C=O)o1. The molecule has 1 unspecified atom stereocenters. The van der Waals surface area contributed by atoms with E-state index in [1.807, 2.05) is 0 Å². The molecule has 4 nitrogen and oxygen atoms in total. The zero-order valence-corrected chi connectivity index (χ0v) is 7.19. The van der Waals surface area contributed by atoms with Crippen molar-refractivity contribution in [2.45, 2.75) is 19.4 Å². The van der Waals surface area contributed by atoms with Crippen molar-refractivity contribution < 1.29 is 19.1 Å². The van der Waals surface area contributed by atoms with E-state index in [9.17, 15) is 14.7 Å². The molecule has 0 amide bonds. The largest absolute Gasteiger partial charge is 0.456 e. The molecule has 0 saturated carbocycles. The van der Waals surface area contributed by atoms with E-state index in [1.54, 1.807) is 0 Å². The van der Waals surface area contributed by atoms with Crippen molar-refractivity contribution in [3.8, 4) is 0 Å². The van der Waals surface area contributed by atoms with Crippen LogP contribution in [-0.4, -0.2) is 17.2 Å². The Labute approximate surface area is 75.2 Å². The van der Waals surface area contributed by atoms with Gasteiger partial charge in [0.1, 0.15) is 17.6 Å². The second-order valence-corrected chi connectivity index (χ2v) is 2.78. The van der Waals surface area contributed by atoms with E-state index in [1.165, 1.54) is 19.1 Å². The zero-order chi connectivity index (χ0) is 9.84. The molecule has 1 heterocycles. The van der Waals surface area contributed by atoms with E-state index in [4.69, 9.17) is 4.42 Å². The van der Waals surface area contributed by atoms with Gasteiger partial charge >= 0.3 is 0 Å².